The quantitative estimate of drug-likeness (QED) is 0.816. The largest absolute Gasteiger partial charge is 0.507 e. The van der Waals surface area contributed by atoms with Crippen molar-refractivity contribution in [3.05, 3.63) is 58.3 Å². The molecular formula is C18H11ClN4O. The fourth-order valence-electron chi connectivity index (χ4n) is 2.16. The molecule has 2 aromatic carbocycles. The number of anilines is 1. The van der Waals surface area contributed by atoms with E-state index >= 15 is 0 Å². The minimum atomic E-state index is -0.350. The molecule has 116 valence electrons. The normalized spacial score (nSPS) is 9.29. The second-order valence-corrected chi connectivity index (χ2v) is 5.25. The summed E-state index contributed by atoms with van der Waals surface area (Å²) >= 11 is 6.22. The zero-order valence-electron chi connectivity index (χ0n) is 12.6. The van der Waals surface area contributed by atoms with E-state index < -0.39 is 0 Å². The molecular weight excluding hydrogens is 324 g/mol. The Morgan fingerprint density at radius 2 is 1.62 bits per heavy atom. The number of nitrogens with one attached hydrogen (secondary N) is 1. The van der Waals surface area contributed by atoms with Crippen LogP contribution in [0.25, 0.3) is 11.1 Å². The number of halogens is 1. The van der Waals surface area contributed by atoms with Gasteiger partial charge in [-0.05, 0) is 18.6 Å². The SMILES string of the molecule is Cc1cccc(-c2cccc(Cl)c2NC(C#N)=C(C#N)C#N)c1O. The third kappa shape index (κ3) is 3.15. The summed E-state index contributed by atoms with van der Waals surface area (Å²) in [6.07, 6.45) is 0. The van der Waals surface area contributed by atoms with Gasteiger partial charge in [0, 0.05) is 11.1 Å². The van der Waals surface area contributed by atoms with Gasteiger partial charge in [-0.15, -0.1) is 0 Å². The van der Waals surface area contributed by atoms with Crippen molar-refractivity contribution in [2.75, 3.05) is 5.32 Å². The minimum absolute atomic E-state index is 0.0890. The van der Waals surface area contributed by atoms with Gasteiger partial charge in [-0.1, -0.05) is 41.9 Å². The van der Waals surface area contributed by atoms with Crippen LogP contribution in [0.4, 0.5) is 5.69 Å². The Morgan fingerprint density at radius 3 is 2.25 bits per heavy atom. The van der Waals surface area contributed by atoms with E-state index in [0.29, 0.717) is 22.4 Å². The first-order valence-electron chi connectivity index (χ1n) is 6.82. The van der Waals surface area contributed by atoms with Crippen molar-refractivity contribution >= 4 is 17.3 Å². The smallest absolute Gasteiger partial charge is 0.163 e. The summed E-state index contributed by atoms with van der Waals surface area (Å²) < 4.78 is 0. The molecule has 0 unspecified atom stereocenters. The lowest BCUT2D eigenvalue weighted by molar-refractivity contribution is 0.473. The molecule has 0 aliphatic heterocycles. The number of allylic oxidation sites excluding steroid dienone is 2. The molecule has 0 aliphatic carbocycles. The van der Waals surface area contributed by atoms with Crippen LogP contribution >= 0.6 is 11.6 Å². The molecule has 0 radical (unpaired) electrons. The molecule has 0 spiro atoms. The molecule has 0 amide bonds. The number of phenols is 1. The van der Waals surface area contributed by atoms with Gasteiger partial charge in [0.2, 0.25) is 0 Å². The maximum absolute atomic E-state index is 10.3. The Balaban J connectivity index is 2.68. The van der Waals surface area contributed by atoms with E-state index in [2.05, 4.69) is 5.32 Å². The summed E-state index contributed by atoms with van der Waals surface area (Å²) in [5, 5.41) is 40.4. The molecule has 0 atom stereocenters. The number of benzene rings is 2. The van der Waals surface area contributed by atoms with Crippen LogP contribution in [0.2, 0.25) is 5.02 Å². The molecule has 0 aromatic heterocycles. The summed E-state index contributed by atoms with van der Waals surface area (Å²) in [7, 11) is 0. The van der Waals surface area contributed by atoms with Gasteiger partial charge < -0.3 is 10.4 Å². The van der Waals surface area contributed by atoms with Gasteiger partial charge in [0.1, 0.15) is 29.7 Å². The third-order valence-electron chi connectivity index (χ3n) is 3.38. The van der Waals surface area contributed by atoms with E-state index in [-0.39, 0.29) is 22.0 Å². The van der Waals surface area contributed by atoms with Crippen LogP contribution in [0.5, 0.6) is 5.75 Å². The maximum Gasteiger partial charge on any atom is 0.163 e. The predicted molar refractivity (Wildman–Crippen MR) is 90.8 cm³/mol. The fraction of sp³-hybridized carbons (Fsp3) is 0.0556. The molecule has 0 heterocycles. The van der Waals surface area contributed by atoms with Crippen LogP contribution < -0.4 is 5.32 Å². The number of nitrogens with zero attached hydrogens (tertiary/aromatic N) is 3. The van der Waals surface area contributed by atoms with Crippen LogP contribution in [0, 0.1) is 40.9 Å². The van der Waals surface area contributed by atoms with Gasteiger partial charge in [0.05, 0.1) is 10.7 Å². The first-order chi connectivity index (χ1) is 11.5. The molecule has 0 bridgehead atoms. The maximum atomic E-state index is 10.3. The summed E-state index contributed by atoms with van der Waals surface area (Å²) in [6.45, 7) is 1.76. The van der Waals surface area contributed by atoms with Crippen molar-refractivity contribution in [1.29, 1.82) is 15.8 Å². The van der Waals surface area contributed by atoms with Gasteiger partial charge in [-0.2, -0.15) is 15.8 Å². The van der Waals surface area contributed by atoms with E-state index in [1.807, 2.05) is 0 Å². The molecule has 6 heteroatoms. The number of nitriles is 3. The average Bonchev–Trinajstić information content (AvgIpc) is 2.59. The standard InChI is InChI=1S/C18H11ClN4O/c1-11-4-2-6-14(18(11)24)13-5-3-7-15(19)17(13)23-16(10-22)12(8-20)9-21/h2-7,23-24H,1H3. The molecule has 5 nitrogen and oxygen atoms in total. The van der Waals surface area contributed by atoms with Gasteiger partial charge in [-0.25, -0.2) is 0 Å². The molecule has 2 N–H and O–H groups in total. The summed E-state index contributed by atoms with van der Waals surface area (Å²) in [5.41, 5.74) is 1.53. The van der Waals surface area contributed by atoms with Crippen molar-refractivity contribution in [2.24, 2.45) is 0 Å². The number of hydrogen-bond acceptors (Lipinski definition) is 5. The number of para-hydroxylation sites is 2. The average molecular weight is 335 g/mol. The Labute approximate surface area is 144 Å². The van der Waals surface area contributed by atoms with Crippen molar-refractivity contribution in [2.45, 2.75) is 6.92 Å². The number of aromatic hydroxyl groups is 1. The van der Waals surface area contributed by atoms with Crippen molar-refractivity contribution in [3.63, 3.8) is 0 Å². The highest BCUT2D eigenvalue weighted by Crippen LogP contribution is 2.40. The molecule has 2 rings (SSSR count). The molecule has 2 aromatic rings. The van der Waals surface area contributed by atoms with Gasteiger partial charge in [-0.3, -0.25) is 0 Å². The van der Waals surface area contributed by atoms with Crippen molar-refractivity contribution < 1.29 is 5.11 Å². The van der Waals surface area contributed by atoms with Crippen molar-refractivity contribution in [3.8, 4) is 35.1 Å². The van der Waals surface area contributed by atoms with E-state index in [0.717, 1.165) is 0 Å². The Morgan fingerprint density at radius 1 is 1.00 bits per heavy atom. The zero-order chi connectivity index (χ0) is 17.7. The summed E-state index contributed by atoms with van der Waals surface area (Å²) in [5.74, 6) is 0.0890. The highest BCUT2D eigenvalue weighted by Gasteiger charge is 2.16. The van der Waals surface area contributed by atoms with Crippen LogP contribution in [-0.2, 0) is 0 Å². The topological polar surface area (TPSA) is 104 Å². The van der Waals surface area contributed by atoms with Crippen LogP contribution in [-0.4, -0.2) is 5.11 Å². The first-order valence-corrected chi connectivity index (χ1v) is 7.20. The van der Waals surface area contributed by atoms with Crippen LogP contribution in [0.3, 0.4) is 0 Å². The molecule has 0 saturated heterocycles. The second-order valence-electron chi connectivity index (χ2n) is 4.84. The number of phenolic OH excluding ortho intramolecular Hbond substituents is 1. The molecule has 24 heavy (non-hydrogen) atoms. The first kappa shape index (κ1) is 16.9. The number of hydrogen-bond donors (Lipinski definition) is 2. The van der Waals surface area contributed by atoms with Crippen LogP contribution in [0.15, 0.2) is 47.7 Å². The molecule has 0 fully saturated rings. The van der Waals surface area contributed by atoms with E-state index in [1.165, 1.54) is 0 Å². The minimum Gasteiger partial charge on any atom is -0.507 e. The summed E-state index contributed by atoms with van der Waals surface area (Å²) in [4.78, 5) is 0. The van der Waals surface area contributed by atoms with Gasteiger partial charge in [0.25, 0.3) is 0 Å². The number of aryl methyl sites for hydroxylation is 1. The highest BCUT2D eigenvalue weighted by atomic mass is 35.5. The van der Waals surface area contributed by atoms with E-state index in [4.69, 9.17) is 22.1 Å². The lowest BCUT2D eigenvalue weighted by atomic mass is 10.00. The Kier molecular flexibility index (Phi) is 5.07. The Bertz CT molecular complexity index is 942. The van der Waals surface area contributed by atoms with Gasteiger partial charge in [0.15, 0.2) is 5.57 Å². The summed E-state index contributed by atoms with van der Waals surface area (Å²) in [6, 6.07) is 15.4. The lowest BCUT2D eigenvalue weighted by Gasteiger charge is -2.15. The van der Waals surface area contributed by atoms with Gasteiger partial charge >= 0.3 is 0 Å². The monoisotopic (exact) mass is 334 g/mol. The van der Waals surface area contributed by atoms with E-state index in [1.54, 1.807) is 61.5 Å². The third-order valence-corrected chi connectivity index (χ3v) is 3.69. The van der Waals surface area contributed by atoms with Crippen LogP contribution in [0.1, 0.15) is 5.56 Å². The molecule has 0 saturated carbocycles. The highest BCUT2D eigenvalue weighted by molar-refractivity contribution is 6.34. The predicted octanol–water partition coefficient (Wildman–Crippen LogP) is 4.26. The molecule has 0 aliphatic rings. The van der Waals surface area contributed by atoms with E-state index in [9.17, 15) is 10.4 Å². The number of rotatable bonds is 3. The second kappa shape index (κ2) is 7.20. The fourth-order valence-corrected chi connectivity index (χ4v) is 2.38. The Hall–Kier alpha value is -3.46. The lowest BCUT2D eigenvalue weighted by Crippen LogP contribution is -2.03. The van der Waals surface area contributed by atoms with Crippen molar-refractivity contribution in [1.82, 2.24) is 0 Å². The zero-order valence-corrected chi connectivity index (χ0v) is 13.4.